The third-order valence-corrected chi connectivity index (χ3v) is 6.76. The monoisotopic (exact) mass is 466 g/mol. The number of carboxylic acid groups (broad SMARTS) is 1. The van der Waals surface area contributed by atoms with Crippen LogP contribution in [-0.4, -0.2) is 54.7 Å². The van der Waals surface area contributed by atoms with Crippen LogP contribution < -0.4 is 0 Å². The van der Waals surface area contributed by atoms with E-state index in [9.17, 15) is 9.59 Å². The Hall–Kier alpha value is -0.440. The molecule has 6 nitrogen and oxygen atoms in total. The molecular weight excluding hydrogens is 424 g/mol. The van der Waals surface area contributed by atoms with Gasteiger partial charge in [-0.05, 0) is 12.8 Å². The zero-order valence-corrected chi connectivity index (χ0v) is 20.5. The van der Waals surface area contributed by atoms with E-state index in [0.717, 1.165) is 25.7 Å². The van der Waals surface area contributed by atoms with E-state index >= 15 is 0 Å². The van der Waals surface area contributed by atoms with Crippen molar-refractivity contribution in [1.29, 1.82) is 0 Å². The molecule has 0 heterocycles. The standard InChI is InChI=1S/C22H42O6S2/c1-3-5-7-9-11-15-26-22(27-16-12-10-8-6-4-2)19-28-21(25)14-18-30-29-17-13-20(23)24/h22H,3-19H2,1-2H3,(H,23,24). The summed E-state index contributed by atoms with van der Waals surface area (Å²) in [5, 5.41) is 8.59. The van der Waals surface area contributed by atoms with Gasteiger partial charge in [0.2, 0.25) is 0 Å². The summed E-state index contributed by atoms with van der Waals surface area (Å²) in [5.41, 5.74) is 0. The lowest BCUT2D eigenvalue weighted by molar-refractivity contribution is -0.183. The van der Waals surface area contributed by atoms with Crippen LogP contribution in [0.4, 0.5) is 0 Å². The van der Waals surface area contributed by atoms with E-state index in [4.69, 9.17) is 19.3 Å². The van der Waals surface area contributed by atoms with Crippen LogP contribution in [0.5, 0.6) is 0 Å². The lowest BCUT2D eigenvalue weighted by atomic mass is 10.2. The number of carbonyl (C=O) groups excluding carboxylic acids is 1. The van der Waals surface area contributed by atoms with Gasteiger partial charge in [0, 0.05) is 24.7 Å². The maximum Gasteiger partial charge on any atom is 0.306 e. The topological polar surface area (TPSA) is 82.1 Å². The van der Waals surface area contributed by atoms with Gasteiger partial charge in [0.15, 0.2) is 6.29 Å². The summed E-state index contributed by atoms with van der Waals surface area (Å²) in [6.45, 7) is 5.76. The molecule has 0 aliphatic heterocycles. The average Bonchev–Trinajstić information content (AvgIpc) is 2.72. The Kier molecular flexibility index (Phi) is 22.9. The minimum absolute atomic E-state index is 0.125. The Bertz CT molecular complexity index is 393. The second-order valence-corrected chi connectivity index (χ2v) is 9.92. The van der Waals surface area contributed by atoms with Gasteiger partial charge in [-0.2, -0.15) is 0 Å². The molecule has 0 aromatic carbocycles. The van der Waals surface area contributed by atoms with E-state index in [1.54, 1.807) is 0 Å². The summed E-state index contributed by atoms with van der Waals surface area (Å²) >= 11 is 0. The van der Waals surface area contributed by atoms with Gasteiger partial charge < -0.3 is 19.3 Å². The van der Waals surface area contributed by atoms with Crippen molar-refractivity contribution in [2.45, 2.75) is 97.2 Å². The van der Waals surface area contributed by atoms with Crippen LogP contribution in [0.15, 0.2) is 0 Å². The number of unbranched alkanes of at least 4 members (excludes halogenated alkanes) is 8. The Labute approximate surface area is 191 Å². The number of rotatable bonds is 23. The van der Waals surface area contributed by atoms with Gasteiger partial charge in [-0.1, -0.05) is 86.8 Å². The molecule has 0 amide bonds. The Morgan fingerprint density at radius 1 is 0.767 bits per heavy atom. The van der Waals surface area contributed by atoms with E-state index in [0.29, 0.717) is 31.1 Å². The minimum atomic E-state index is -0.802. The fourth-order valence-corrected chi connectivity index (χ4v) is 4.54. The normalized spacial score (nSPS) is 11.2. The molecule has 0 rings (SSSR count). The van der Waals surface area contributed by atoms with Gasteiger partial charge in [-0.3, -0.25) is 9.59 Å². The van der Waals surface area contributed by atoms with Gasteiger partial charge >= 0.3 is 11.9 Å². The number of carbonyl (C=O) groups is 2. The number of esters is 1. The first-order valence-electron chi connectivity index (χ1n) is 11.4. The maximum absolute atomic E-state index is 11.9. The lowest BCUT2D eigenvalue weighted by Crippen LogP contribution is -2.26. The number of aliphatic carboxylic acids is 1. The highest BCUT2D eigenvalue weighted by Gasteiger charge is 2.13. The van der Waals surface area contributed by atoms with Gasteiger partial charge in [-0.15, -0.1) is 0 Å². The first-order chi connectivity index (χ1) is 14.6. The zero-order chi connectivity index (χ0) is 22.3. The Morgan fingerprint density at radius 3 is 1.77 bits per heavy atom. The summed E-state index contributed by atoms with van der Waals surface area (Å²) in [5.74, 6) is 0.0633. The van der Waals surface area contributed by atoms with Crippen molar-refractivity contribution in [3.8, 4) is 0 Å². The van der Waals surface area contributed by atoms with Crippen molar-refractivity contribution in [2.75, 3.05) is 31.3 Å². The number of hydrogen-bond donors (Lipinski definition) is 1. The largest absolute Gasteiger partial charge is 0.481 e. The molecule has 0 unspecified atom stereocenters. The summed E-state index contributed by atoms with van der Waals surface area (Å²) in [6, 6.07) is 0. The van der Waals surface area contributed by atoms with Crippen LogP contribution >= 0.6 is 21.6 Å². The lowest BCUT2D eigenvalue weighted by Gasteiger charge is -2.19. The molecule has 0 fully saturated rings. The van der Waals surface area contributed by atoms with E-state index in [1.807, 2.05) is 0 Å². The summed E-state index contributed by atoms with van der Waals surface area (Å²) in [6.07, 6.45) is 11.6. The molecule has 8 heteroatoms. The third-order valence-electron chi connectivity index (χ3n) is 4.36. The van der Waals surface area contributed by atoms with E-state index in [1.165, 1.54) is 60.1 Å². The van der Waals surface area contributed by atoms with Crippen molar-refractivity contribution in [3.05, 3.63) is 0 Å². The maximum atomic E-state index is 11.9. The summed E-state index contributed by atoms with van der Waals surface area (Å²) in [4.78, 5) is 22.4. The van der Waals surface area contributed by atoms with Crippen molar-refractivity contribution in [1.82, 2.24) is 0 Å². The molecule has 0 aromatic rings. The van der Waals surface area contributed by atoms with Gasteiger partial charge in [0.25, 0.3) is 0 Å². The smallest absolute Gasteiger partial charge is 0.306 e. The molecule has 0 aliphatic carbocycles. The summed E-state index contributed by atoms with van der Waals surface area (Å²) < 4.78 is 17.0. The molecule has 0 aromatic heterocycles. The number of carboxylic acids is 1. The minimum Gasteiger partial charge on any atom is -0.481 e. The molecule has 178 valence electrons. The van der Waals surface area contributed by atoms with Gasteiger partial charge in [0.1, 0.15) is 6.61 Å². The number of hydrogen-bond acceptors (Lipinski definition) is 7. The van der Waals surface area contributed by atoms with Crippen LogP contribution in [-0.2, 0) is 23.8 Å². The van der Waals surface area contributed by atoms with Crippen molar-refractivity contribution >= 4 is 33.5 Å². The fourth-order valence-electron chi connectivity index (χ4n) is 2.59. The van der Waals surface area contributed by atoms with Crippen LogP contribution in [0, 0.1) is 0 Å². The van der Waals surface area contributed by atoms with E-state index in [-0.39, 0.29) is 19.0 Å². The molecule has 0 atom stereocenters. The van der Waals surface area contributed by atoms with Crippen LogP contribution in [0.2, 0.25) is 0 Å². The Balaban J connectivity index is 3.98. The summed E-state index contributed by atoms with van der Waals surface area (Å²) in [7, 11) is 2.96. The quantitative estimate of drug-likeness (QED) is 0.0840. The predicted octanol–water partition coefficient (Wildman–Crippen LogP) is 6.08. The van der Waals surface area contributed by atoms with Crippen LogP contribution in [0.1, 0.15) is 90.9 Å². The molecule has 0 saturated carbocycles. The van der Waals surface area contributed by atoms with E-state index in [2.05, 4.69) is 13.8 Å². The first-order valence-corrected chi connectivity index (χ1v) is 13.9. The predicted molar refractivity (Wildman–Crippen MR) is 126 cm³/mol. The van der Waals surface area contributed by atoms with Crippen LogP contribution in [0.25, 0.3) is 0 Å². The molecule has 0 radical (unpaired) electrons. The number of ether oxygens (including phenoxy) is 3. The van der Waals surface area contributed by atoms with Gasteiger partial charge in [0.05, 0.1) is 12.8 Å². The second-order valence-electron chi connectivity index (χ2n) is 7.22. The SMILES string of the molecule is CCCCCCCOC(COC(=O)CCSSCCC(=O)O)OCCCCCCC. The third kappa shape index (κ3) is 22.2. The van der Waals surface area contributed by atoms with Gasteiger partial charge in [-0.25, -0.2) is 0 Å². The highest BCUT2D eigenvalue weighted by Crippen LogP contribution is 2.22. The van der Waals surface area contributed by atoms with Crippen molar-refractivity contribution in [3.63, 3.8) is 0 Å². The molecular formula is C22H42O6S2. The molecule has 0 bridgehead atoms. The molecule has 30 heavy (non-hydrogen) atoms. The van der Waals surface area contributed by atoms with Crippen LogP contribution in [0.3, 0.4) is 0 Å². The van der Waals surface area contributed by atoms with E-state index < -0.39 is 12.3 Å². The second kappa shape index (κ2) is 23.2. The fraction of sp³-hybridized carbons (Fsp3) is 0.909. The molecule has 0 saturated heterocycles. The molecule has 1 N–H and O–H groups in total. The Morgan fingerprint density at radius 2 is 1.27 bits per heavy atom. The average molecular weight is 467 g/mol. The molecule has 0 aliphatic rings. The highest BCUT2D eigenvalue weighted by molar-refractivity contribution is 8.76. The first kappa shape index (κ1) is 29.6. The highest BCUT2D eigenvalue weighted by atomic mass is 33.1. The molecule has 0 spiro atoms. The van der Waals surface area contributed by atoms with Crippen molar-refractivity contribution < 1.29 is 28.9 Å². The zero-order valence-electron chi connectivity index (χ0n) is 18.9. The van der Waals surface area contributed by atoms with Crippen molar-refractivity contribution in [2.24, 2.45) is 0 Å².